The molecular weight excluding hydrogens is 812 g/mol. The Morgan fingerprint density at radius 3 is 1.76 bits per heavy atom. The van der Waals surface area contributed by atoms with Gasteiger partial charge in [-0.3, -0.25) is 9.59 Å². The standard InChI is InChI=1S/C51H65N4O7P/c1-8-42-22-28-46(29-23-42)53-49(56)20-16-21-50(57)54(36-13-15-38-61-63(62-39-17-34-52)55(40(2)3)41(4)5)35-12-14-37-60-51(43-18-10-9-11-19-43,44-24-30-47(58-6)31-25-44)45-26-32-48(59-7)33-27-45/h1,9-11,18-19,22-33,40-41H,12-17,20-21,35-39H2,2-7H3,(H,53,56). The van der Waals surface area contributed by atoms with E-state index in [2.05, 4.69) is 61.8 Å². The van der Waals surface area contributed by atoms with Crippen molar-refractivity contribution in [3.8, 4) is 29.9 Å². The number of rotatable bonds is 28. The van der Waals surface area contributed by atoms with Crippen molar-refractivity contribution < 1.29 is 32.8 Å². The Bertz CT molecular complexity index is 1980. The number of nitrogens with one attached hydrogen (secondary N) is 1. The molecule has 1 N–H and O–H groups in total. The fraction of sp³-hybridized carbons (Fsp3) is 0.431. The fourth-order valence-electron chi connectivity index (χ4n) is 7.36. The van der Waals surface area contributed by atoms with E-state index >= 15 is 0 Å². The van der Waals surface area contributed by atoms with Crippen molar-refractivity contribution in [3.63, 3.8) is 0 Å². The van der Waals surface area contributed by atoms with E-state index in [1.165, 1.54) is 0 Å². The summed E-state index contributed by atoms with van der Waals surface area (Å²) >= 11 is 0. The van der Waals surface area contributed by atoms with Gasteiger partial charge in [0.2, 0.25) is 11.8 Å². The maximum absolute atomic E-state index is 13.8. The van der Waals surface area contributed by atoms with Gasteiger partial charge in [0.05, 0.1) is 39.9 Å². The van der Waals surface area contributed by atoms with E-state index in [4.69, 9.17) is 34.9 Å². The molecule has 0 aliphatic heterocycles. The van der Waals surface area contributed by atoms with Gasteiger partial charge in [-0.1, -0.05) is 60.5 Å². The monoisotopic (exact) mass is 876 g/mol. The molecular formula is C51H65N4O7P. The fourth-order valence-corrected chi connectivity index (χ4v) is 8.99. The lowest BCUT2D eigenvalue weighted by atomic mass is 9.80. The molecule has 4 aromatic rings. The molecule has 0 saturated carbocycles. The summed E-state index contributed by atoms with van der Waals surface area (Å²) in [6, 6.07) is 35.8. The lowest BCUT2D eigenvalue weighted by molar-refractivity contribution is -0.131. The number of ether oxygens (including phenoxy) is 3. The highest BCUT2D eigenvalue weighted by atomic mass is 31.2. The molecule has 0 spiro atoms. The Labute approximate surface area is 377 Å². The second-order valence-electron chi connectivity index (χ2n) is 15.7. The predicted octanol–water partition coefficient (Wildman–Crippen LogP) is 10.5. The average molecular weight is 877 g/mol. The zero-order valence-electron chi connectivity index (χ0n) is 37.9. The van der Waals surface area contributed by atoms with Crippen LogP contribution in [0.25, 0.3) is 0 Å². The van der Waals surface area contributed by atoms with Gasteiger partial charge in [0.25, 0.3) is 8.53 Å². The molecule has 336 valence electrons. The molecule has 12 heteroatoms. The first-order valence-corrected chi connectivity index (χ1v) is 23.0. The number of amides is 2. The van der Waals surface area contributed by atoms with Crippen molar-refractivity contribution in [1.29, 1.82) is 5.26 Å². The SMILES string of the molecule is C#Cc1ccc(NC(=O)CCCC(=O)N(CCCCOP(OCCC#N)N(C(C)C)C(C)C)CCCCOC(c2ccccc2)(c2ccc(OC)cc2)c2ccc(OC)cc2)cc1. The van der Waals surface area contributed by atoms with Crippen LogP contribution in [0.1, 0.15) is 101 Å². The largest absolute Gasteiger partial charge is 0.497 e. The summed E-state index contributed by atoms with van der Waals surface area (Å²) in [5.41, 5.74) is 3.36. The molecule has 0 bridgehead atoms. The van der Waals surface area contributed by atoms with Crippen LogP contribution in [-0.4, -0.2) is 80.6 Å². The molecule has 1 unspecified atom stereocenters. The lowest BCUT2D eigenvalue weighted by Gasteiger charge is -2.36. The summed E-state index contributed by atoms with van der Waals surface area (Å²) in [6.45, 7) is 10.7. The summed E-state index contributed by atoms with van der Waals surface area (Å²) in [5.74, 6) is 3.93. The molecule has 0 saturated heterocycles. The summed E-state index contributed by atoms with van der Waals surface area (Å²) in [5, 5.41) is 12.0. The van der Waals surface area contributed by atoms with Crippen LogP contribution in [0.4, 0.5) is 5.69 Å². The van der Waals surface area contributed by atoms with Crippen molar-refractivity contribution in [1.82, 2.24) is 9.57 Å². The van der Waals surface area contributed by atoms with Crippen LogP contribution in [-0.2, 0) is 29.0 Å². The number of nitriles is 1. The Kier molecular flexibility index (Phi) is 21.6. The molecule has 0 fully saturated rings. The van der Waals surface area contributed by atoms with Gasteiger partial charge in [-0.25, -0.2) is 4.67 Å². The first-order valence-electron chi connectivity index (χ1n) is 21.9. The van der Waals surface area contributed by atoms with E-state index in [0.29, 0.717) is 64.3 Å². The molecule has 11 nitrogen and oxygen atoms in total. The number of hydrogen-bond donors (Lipinski definition) is 1. The van der Waals surface area contributed by atoms with E-state index < -0.39 is 14.1 Å². The number of benzene rings is 4. The van der Waals surface area contributed by atoms with Crippen molar-refractivity contribution in [2.75, 3.05) is 52.4 Å². The normalized spacial score (nSPS) is 11.9. The van der Waals surface area contributed by atoms with Crippen LogP contribution in [0.15, 0.2) is 103 Å². The van der Waals surface area contributed by atoms with Crippen molar-refractivity contribution in [2.24, 2.45) is 0 Å². The highest BCUT2D eigenvalue weighted by Gasteiger charge is 2.38. The summed E-state index contributed by atoms with van der Waals surface area (Å²) in [6.07, 6.45) is 9.50. The van der Waals surface area contributed by atoms with Gasteiger partial charge >= 0.3 is 0 Å². The summed E-state index contributed by atoms with van der Waals surface area (Å²) in [7, 11) is 1.96. The lowest BCUT2D eigenvalue weighted by Crippen LogP contribution is -2.35. The summed E-state index contributed by atoms with van der Waals surface area (Å²) in [4.78, 5) is 28.5. The van der Waals surface area contributed by atoms with E-state index in [9.17, 15) is 9.59 Å². The third-order valence-electron chi connectivity index (χ3n) is 10.5. The minimum absolute atomic E-state index is 0.00554. The Morgan fingerprint density at radius 2 is 1.24 bits per heavy atom. The molecule has 0 aromatic heterocycles. The quantitative estimate of drug-likeness (QED) is 0.0257. The van der Waals surface area contributed by atoms with Crippen molar-refractivity contribution in [3.05, 3.63) is 125 Å². The molecule has 0 aliphatic carbocycles. The molecule has 0 aliphatic rings. The van der Waals surface area contributed by atoms with E-state index in [-0.39, 0.29) is 36.7 Å². The average Bonchev–Trinajstić information content (AvgIpc) is 3.29. The van der Waals surface area contributed by atoms with E-state index in [0.717, 1.165) is 46.6 Å². The molecule has 4 rings (SSSR count). The van der Waals surface area contributed by atoms with Gasteiger partial charge < -0.3 is 33.5 Å². The number of terminal acetylenes is 1. The highest BCUT2D eigenvalue weighted by molar-refractivity contribution is 7.44. The first kappa shape index (κ1) is 50.4. The molecule has 1 atom stereocenters. The Morgan fingerprint density at radius 1 is 0.698 bits per heavy atom. The number of carbonyl (C=O) groups is 2. The van der Waals surface area contributed by atoms with Crippen LogP contribution in [0.5, 0.6) is 11.5 Å². The smallest absolute Gasteiger partial charge is 0.259 e. The number of hydrogen-bond acceptors (Lipinski definition) is 9. The highest BCUT2D eigenvalue weighted by Crippen LogP contribution is 2.46. The second-order valence-corrected chi connectivity index (χ2v) is 17.1. The Hall–Kier alpha value is -5.26. The second kappa shape index (κ2) is 27.0. The van der Waals surface area contributed by atoms with Crippen LogP contribution in [0.2, 0.25) is 0 Å². The molecule has 2 amide bonds. The van der Waals surface area contributed by atoms with Gasteiger partial charge in [0.1, 0.15) is 17.1 Å². The minimum Gasteiger partial charge on any atom is -0.497 e. The number of anilines is 1. The maximum atomic E-state index is 13.8. The predicted molar refractivity (Wildman–Crippen MR) is 251 cm³/mol. The molecule has 0 radical (unpaired) electrons. The van der Waals surface area contributed by atoms with E-state index in [1.807, 2.05) is 71.6 Å². The van der Waals surface area contributed by atoms with Crippen molar-refractivity contribution in [2.45, 2.75) is 96.7 Å². The van der Waals surface area contributed by atoms with Crippen LogP contribution < -0.4 is 14.8 Å². The molecule has 0 heterocycles. The number of unbranched alkanes of at least 4 members (excludes halogenated alkanes) is 2. The van der Waals surface area contributed by atoms with Crippen molar-refractivity contribution >= 4 is 26.0 Å². The van der Waals surface area contributed by atoms with Gasteiger partial charge in [0.15, 0.2) is 0 Å². The molecule has 63 heavy (non-hydrogen) atoms. The van der Waals surface area contributed by atoms with Crippen LogP contribution >= 0.6 is 8.53 Å². The van der Waals surface area contributed by atoms with E-state index in [1.54, 1.807) is 38.5 Å². The maximum Gasteiger partial charge on any atom is 0.259 e. The third-order valence-corrected chi connectivity index (χ3v) is 12.6. The molecule has 4 aromatic carbocycles. The number of methoxy groups -OCH3 is 2. The number of carbonyl (C=O) groups excluding carboxylic acids is 2. The van der Waals surface area contributed by atoms with Gasteiger partial charge in [-0.15, -0.1) is 6.42 Å². The first-order chi connectivity index (χ1) is 30.6. The topological polar surface area (TPSA) is 123 Å². The minimum atomic E-state index is -1.35. The van der Waals surface area contributed by atoms with Gasteiger partial charge in [0, 0.05) is 55.9 Å². The van der Waals surface area contributed by atoms with Crippen LogP contribution in [0, 0.1) is 23.7 Å². The van der Waals surface area contributed by atoms with Gasteiger partial charge in [-0.2, -0.15) is 5.26 Å². The summed E-state index contributed by atoms with van der Waals surface area (Å²) < 4.78 is 32.7. The van der Waals surface area contributed by atoms with Crippen LogP contribution in [0.3, 0.4) is 0 Å². The van der Waals surface area contributed by atoms with Gasteiger partial charge in [-0.05, 0) is 125 Å². The Balaban J connectivity index is 1.45. The zero-order chi connectivity index (χ0) is 45.5. The number of nitrogens with zero attached hydrogens (tertiary/aromatic N) is 3. The third kappa shape index (κ3) is 15.5. The zero-order valence-corrected chi connectivity index (χ0v) is 38.8.